The van der Waals surface area contributed by atoms with Crippen LogP contribution in [0, 0.1) is 22.7 Å². The number of fused-ring (bicyclic) bond motifs is 3. The van der Waals surface area contributed by atoms with Gasteiger partial charge in [0.25, 0.3) is 0 Å². The maximum Gasteiger partial charge on any atom is 0.416 e. The molecule has 0 aliphatic heterocycles. The zero-order valence-electron chi connectivity index (χ0n) is 34.9. The Labute approximate surface area is 379 Å². The fourth-order valence-electron chi connectivity index (χ4n) is 8.65. The molecule has 5 nitrogen and oxygen atoms in total. The Bertz CT molecular complexity index is 3470. The lowest BCUT2D eigenvalue weighted by Crippen LogP contribution is -2.11. The molecule has 0 aliphatic rings. The third kappa shape index (κ3) is 7.83. The number of hydrogen-bond acceptors (Lipinski definition) is 4. The molecule has 322 valence electrons. The molecule has 0 amide bonds. The Morgan fingerprint density at radius 2 is 0.866 bits per heavy atom. The van der Waals surface area contributed by atoms with E-state index in [0.717, 1.165) is 23.3 Å². The van der Waals surface area contributed by atoms with Gasteiger partial charge in [0.15, 0.2) is 5.82 Å². The number of rotatable bonds is 7. The maximum atomic E-state index is 14.1. The van der Waals surface area contributed by atoms with Crippen molar-refractivity contribution in [2.75, 3.05) is 0 Å². The Hall–Kier alpha value is -8.80. The van der Waals surface area contributed by atoms with Crippen LogP contribution in [-0.2, 0) is 12.4 Å². The summed E-state index contributed by atoms with van der Waals surface area (Å²) in [4.78, 5) is 10.3. The smallest absolute Gasteiger partial charge is 0.308 e. The van der Waals surface area contributed by atoms with Gasteiger partial charge in [-0.1, -0.05) is 121 Å². The summed E-state index contributed by atoms with van der Waals surface area (Å²) >= 11 is 0. The first-order chi connectivity index (χ1) is 32.4. The van der Waals surface area contributed by atoms with Crippen LogP contribution in [0.2, 0.25) is 0 Å². The average Bonchev–Trinajstić information content (AvgIpc) is 3.68. The van der Waals surface area contributed by atoms with Crippen LogP contribution in [-0.4, -0.2) is 14.5 Å². The molecule has 2 aromatic heterocycles. The van der Waals surface area contributed by atoms with Crippen LogP contribution < -0.4 is 0 Å². The van der Waals surface area contributed by atoms with E-state index in [0.29, 0.717) is 83.6 Å². The summed E-state index contributed by atoms with van der Waals surface area (Å²) in [5.74, 6) is 0.365. The molecule has 67 heavy (non-hydrogen) atoms. The summed E-state index contributed by atoms with van der Waals surface area (Å²) in [5.41, 5.74) is 5.29. The third-order valence-corrected chi connectivity index (χ3v) is 11.7. The van der Waals surface area contributed by atoms with Crippen LogP contribution in [0.15, 0.2) is 188 Å². The normalized spacial score (nSPS) is 11.7. The lowest BCUT2D eigenvalue weighted by Gasteiger charge is -2.22. The average molecular weight is 888 g/mol. The molecule has 0 radical (unpaired) electrons. The van der Waals surface area contributed by atoms with Crippen LogP contribution in [0.4, 0.5) is 26.3 Å². The monoisotopic (exact) mass is 887 g/mol. The molecule has 0 aliphatic carbocycles. The minimum absolute atomic E-state index is 0.115. The quantitative estimate of drug-likeness (QED) is 0.149. The van der Waals surface area contributed by atoms with E-state index < -0.39 is 23.5 Å². The highest BCUT2D eigenvalue weighted by atomic mass is 19.4. The van der Waals surface area contributed by atoms with Crippen molar-refractivity contribution in [3.05, 3.63) is 210 Å². The van der Waals surface area contributed by atoms with E-state index in [1.165, 1.54) is 6.07 Å². The van der Waals surface area contributed by atoms with Crippen LogP contribution >= 0.6 is 0 Å². The van der Waals surface area contributed by atoms with Gasteiger partial charge in [-0.15, -0.1) is 0 Å². The van der Waals surface area contributed by atoms with Gasteiger partial charge in [0, 0.05) is 49.7 Å². The number of para-hydroxylation sites is 1. The summed E-state index contributed by atoms with van der Waals surface area (Å²) in [7, 11) is 0. The van der Waals surface area contributed by atoms with Gasteiger partial charge in [-0.05, 0) is 77.9 Å². The van der Waals surface area contributed by atoms with Crippen molar-refractivity contribution >= 4 is 21.8 Å². The lowest BCUT2D eigenvalue weighted by molar-refractivity contribution is -0.143. The van der Waals surface area contributed by atoms with E-state index in [1.54, 1.807) is 42.5 Å². The Morgan fingerprint density at radius 3 is 1.39 bits per heavy atom. The fourth-order valence-corrected chi connectivity index (χ4v) is 8.65. The molecule has 11 heteroatoms. The first-order valence-electron chi connectivity index (χ1n) is 20.9. The fraction of sp³-hybridized carbons (Fsp3) is 0.0357. The summed E-state index contributed by atoms with van der Waals surface area (Å²) in [6, 6.07) is 57.7. The first kappa shape index (κ1) is 42.2. The molecule has 0 fully saturated rings. The highest BCUT2D eigenvalue weighted by Crippen LogP contribution is 2.46. The molecule has 0 spiro atoms. The van der Waals surface area contributed by atoms with E-state index in [-0.39, 0.29) is 17.2 Å². The Kier molecular flexibility index (Phi) is 10.5. The van der Waals surface area contributed by atoms with Gasteiger partial charge in [0.2, 0.25) is 0 Å². The standard InChI is InChI=1S/C56H31F6N5/c57-55(58,59)41-25-39(26-42(30-41)56(60,61)62)36-23-24-52-46(27-36)45-21-11-12-22-51(45)67(52)53-47(43-19-9-7-17-37(43)32-63)28-40(29-48(53)44-20-10-8-18-38(44)33-64)54-65-49(34-13-3-1-4-14-34)31-50(66-54)35-15-5-2-6-16-35/h1-31H. The molecule has 0 saturated carbocycles. The molecule has 0 unspecified atom stereocenters. The predicted octanol–water partition coefficient (Wildman–Crippen LogP) is 15.4. The second-order valence-electron chi connectivity index (χ2n) is 15.8. The van der Waals surface area contributed by atoms with Crippen LogP contribution in [0.1, 0.15) is 22.3 Å². The molecule has 10 rings (SSSR count). The molecule has 0 saturated heterocycles. The van der Waals surface area contributed by atoms with Crippen molar-refractivity contribution in [2.24, 2.45) is 0 Å². The number of nitrogens with zero attached hydrogens (tertiary/aromatic N) is 5. The van der Waals surface area contributed by atoms with Crippen molar-refractivity contribution in [3.8, 4) is 85.1 Å². The minimum Gasteiger partial charge on any atom is -0.308 e. The Balaban J connectivity index is 1.32. The van der Waals surface area contributed by atoms with Gasteiger partial charge >= 0.3 is 12.4 Å². The summed E-state index contributed by atoms with van der Waals surface area (Å²) < 4.78 is 86.5. The minimum atomic E-state index is -5.04. The maximum absolute atomic E-state index is 14.1. The van der Waals surface area contributed by atoms with Crippen LogP contribution in [0.5, 0.6) is 0 Å². The van der Waals surface area contributed by atoms with Gasteiger partial charge in [-0.25, -0.2) is 9.97 Å². The number of alkyl halides is 6. The summed E-state index contributed by atoms with van der Waals surface area (Å²) in [6.07, 6.45) is -10.1. The zero-order chi connectivity index (χ0) is 46.5. The third-order valence-electron chi connectivity index (χ3n) is 11.7. The Morgan fingerprint density at radius 1 is 0.388 bits per heavy atom. The topological polar surface area (TPSA) is 78.3 Å². The molecule has 0 atom stereocenters. The molecule has 0 N–H and O–H groups in total. The number of nitriles is 2. The van der Waals surface area contributed by atoms with Gasteiger partial charge in [-0.3, -0.25) is 0 Å². The number of aromatic nitrogens is 3. The second kappa shape index (κ2) is 16.6. The van der Waals surface area contributed by atoms with E-state index in [4.69, 9.17) is 9.97 Å². The molecule has 8 aromatic carbocycles. The van der Waals surface area contributed by atoms with Crippen molar-refractivity contribution in [3.63, 3.8) is 0 Å². The largest absolute Gasteiger partial charge is 0.416 e. The van der Waals surface area contributed by atoms with E-state index in [1.807, 2.05) is 126 Å². The van der Waals surface area contributed by atoms with Crippen molar-refractivity contribution < 1.29 is 26.3 Å². The zero-order valence-corrected chi connectivity index (χ0v) is 34.9. The molecule has 0 bridgehead atoms. The molecule has 2 heterocycles. The number of hydrogen-bond donors (Lipinski definition) is 0. The highest BCUT2D eigenvalue weighted by Gasteiger charge is 2.37. The lowest BCUT2D eigenvalue weighted by atomic mass is 9.89. The molecular formula is C56H31F6N5. The molecular weight excluding hydrogens is 857 g/mol. The second-order valence-corrected chi connectivity index (χ2v) is 15.8. The van der Waals surface area contributed by atoms with Gasteiger partial charge in [0.1, 0.15) is 0 Å². The SMILES string of the molecule is N#Cc1ccccc1-c1cc(-c2nc(-c3ccccc3)cc(-c3ccccc3)n2)cc(-c2ccccc2C#N)c1-n1c2ccccc2c2cc(-c3cc(C(F)(F)F)cc(C(F)(F)F)c3)ccc21. The van der Waals surface area contributed by atoms with E-state index in [2.05, 4.69) is 12.1 Å². The number of benzene rings is 8. The van der Waals surface area contributed by atoms with E-state index >= 15 is 0 Å². The van der Waals surface area contributed by atoms with Crippen LogP contribution in [0.25, 0.3) is 94.8 Å². The predicted molar refractivity (Wildman–Crippen MR) is 248 cm³/mol. The van der Waals surface area contributed by atoms with Crippen molar-refractivity contribution in [1.82, 2.24) is 14.5 Å². The van der Waals surface area contributed by atoms with Gasteiger partial charge < -0.3 is 4.57 Å². The van der Waals surface area contributed by atoms with Crippen molar-refractivity contribution in [1.29, 1.82) is 10.5 Å². The highest BCUT2D eigenvalue weighted by molar-refractivity contribution is 6.12. The van der Waals surface area contributed by atoms with Gasteiger partial charge in [-0.2, -0.15) is 36.9 Å². The van der Waals surface area contributed by atoms with Gasteiger partial charge in [0.05, 0.1) is 62.5 Å². The molecule has 10 aromatic rings. The first-order valence-corrected chi connectivity index (χ1v) is 20.9. The van der Waals surface area contributed by atoms with Crippen LogP contribution in [0.3, 0.4) is 0 Å². The van der Waals surface area contributed by atoms with E-state index in [9.17, 15) is 36.9 Å². The van der Waals surface area contributed by atoms with Crippen molar-refractivity contribution in [2.45, 2.75) is 12.4 Å². The summed E-state index contributed by atoms with van der Waals surface area (Å²) in [5, 5.41) is 22.5. The summed E-state index contributed by atoms with van der Waals surface area (Å²) in [6.45, 7) is 0. The number of halogens is 6.